The molecule has 0 aliphatic heterocycles. The van der Waals surface area contributed by atoms with Crippen molar-refractivity contribution in [2.24, 2.45) is 11.5 Å². The molecule has 4 N–H and O–H groups in total. The van der Waals surface area contributed by atoms with E-state index >= 15 is 0 Å². The van der Waals surface area contributed by atoms with Crippen LogP contribution in [0.15, 0.2) is 18.5 Å². The average molecular weight is 246 g/mol. The van der Waals surface area contributed by atoms with E-state index in [4.69, 9.17) is 11.5 Å². The number of aromatic nitrogens is 1. The van der Waals surface area contributed by atoms with Crippen molar-refractivity contribution in [2.45, 2.75) is 0 Å². The third-order valence-corrected chi connectivity index (χ3v) is 2.12. The maximum atomic E-state index is 12.1. The summed E-state index contributed by atoms with van der Waals surface area (Å²) in [6.45, 7) is 0.0462. The van der Waals surface area contributed by atoms with Crippen molar-refractivity contribution in [3.8, 4) is 11.8 Å². The molecule has 1 aromatic heterocycles. The molecule has 0 saturated carbocycles. The summed E-state index contributed by atoms with van der Waals surface area (Å²) in [5.41, 5.74) is 11.2. The third-order valence-electron chi connectivity index (χ3n) is 2.12. The molecule has 0 aliphatic rings. The molecule has 94 valence electrons. The first-order valence-corrected chi connectivity index (χ1v) is 5.23. The fourth-order valence-electron chi connectivity index (χ4n) is 1.34. The fraction of sp³-hybridized carbons (Fsp3) is 0.250. The number of amides is 2. The van der Waals surface area contributed by atoms with Gasteiger partial charge in [-0.3, -0.25) is 14.6 Å². The number of hydrogen-bond donors (Lipinski definition) is 2. The van der Waals surface area contributed by atoms with Gasteiger partial charge in [0.15, 0.2) is 0 Å². The summed E-state index contributed by atoms with van der Waals surface area (Å²) in [7, 11) is 1.49. The number of pyridine rings is 1. The first-order valence-electron chi connectivity index (χ1n) is 5.23. The smallest absolute Gasteiger partial charge is 0.255 e. The molecule has 1 heterocycles. The number of nitrogens with two attached hydrogens (primary N) is 2. The molecule has 0 radical (unpaired) electrons. The van der Waals surface area contributed by atoms with Crippen LogP contribution in [0.4, 0.5) is 0 Å². The topological polar surface area (TPSA) is 102 Å². The van der Waals surface area contributed by atoms with Gasteiger partial charge in [0.1, 0.15) is 0 Å². The van der Waals surface area contributed by atoms with Gasteiger partial charge in [-0.25, -0.2) is 0 Å². The van der Waals surface area contributed by atoms with Gasteiger partial charge in [-0.1, -0.05) is 11.8 Å². The second kappa shape index (κ2) is 6.37. The molecule has 0 atom stereocenters. The Kier molecular flexibility index (Phi) is 4.84. The molecule has 2 amide bonds. The summed E-state index contributed by atoms with van der Waals surface area (Å²) in [5, 5.41) is 0. The number of carbonyl (C=O) groups is 2. The molecule has 18 heavy (non-hydrogen) atoms. The van der Waals surface area contributed by atoms with E-state index < -0.39 is 5.91 Å². The van der Waals surface area contributed by atoms with E-state index in [1.807, 2.05) is 0 Å². The van der Waals surface area contributed by atoms with Crippen molar-refractivity contribution >= 4 is 11.8 Å². The Balaban J connectivity index is 3.01. The predicted molar refractivity (Wildman–Crippen MR) is 66.3 cm³/mol. The minimum absolute atomic E-state index is 0.148. The molecule has 0 saturated heterocycles. The van der Waals surface area contributed by atoms with Crippen molar-refractivity contribution in [1.82, 2.24) is 9.88 Å². The van der Waals surface area contributed by atoms with Crippen LogP contribution in [-0.2, 0) is 4.79 Å². The SMILES string of the molecule is CN(CC(N)=O)C(=O)c1ccncc1C#CCN. The second-order valence-corrected chi connectivity index (χ2v) is 3.55. The van der Waals surface area contributed by atoms with E-state index in [0.29, 0.717) is 11.1 Å². The summed E-state index contributed by atoms with van der Waals surface area (Å²) in [6.07, 6.45) is 2.97. The van der Waals surface area contributed by atoms with Gasteiger partial charge < -0.3 is 16.4 Å². The summed E-state index contributed by atoms with van der Waals surface area (Å²) in [5.74, 6) is 4.51. The van der Waals surface area contributed by atoms with Gasteiger partial charge >= 0.3 is 0 Å². The van der Waals surface area contributed by atoms with Crippen LogP contribution >= 0.6 is 0 Å². The lowest BCUT2D eigenvalue weighted by atomic mass is 10.1. The highest BCUT2D eigenvalue weighted by Gasteiger charge is 2.16. The van der Waals surface area contributed by atoms with Crippen molar-refractivity contribution in [3.63, 3.8) is 0 Å². The molecule has 0 unspecified atom stereocenters. The van der Waals surface area contributed by atoms with Gasteiger partial charge in [-0.2, -0.15) is 0 Å². The standard InChI is InChI=1S/C12H14N4O2/c1-16(8-11(14)17)12(18)10-4-6-15-7-9(10)3-2-5-13/h4,6-7H,5,8,13H2,1H3,(H2,14,17). The van der Waals surface area contributed by atoms with E-state index in [-0.39, 0.29) is 19.0 Å². The van der Waals surface area contributed by atoms with Crippen LogP contribution in [0.25, 0.3) is 0 Å². The van der Waals surface area contributed by atoms with Crippen LogP contribution < -0.4 is 11.5 Å². The van der Waals surface area contributed by atoms with Crippen LogP contribution in [0.1, 0.15) is 15.9 Å². The molecule has 0 aromatic carbocycles. The van der Waals surface area contributed by atoms with Crippen LogP contribution in [0.5, 0.6) is 0 Å². The van der Waals surface area contributed by atoms with E-state index in [2.05, 4.69) is 16.8 Å². The van der Waals surface area contributed by atoms with E-state index in [0.717, 1.165) is 0 Å². The highest BCUT2D eigenvalue weighted by molar-refractivity contribution is 5.98. The summed E-state index contributed by atoms with van der Waals surface area (Å²) in [4.78, 5) is 28.0. The van der Waals surface area contributed by atoms with Gasteiger partial charge in [-0.15, -0.1) is 0 Å². The zero-order chi connectivity index (χ0) is 13.5. The molecule has 0 bridgehead atoms. The van der Waals surface area contributed by atoms with Gasteiger partial charge in [0.05, 0.1) is 24.2 Å². The Hall–Kier alpha value is -2.39. The first kappa shape index (κ1) is 13.7. The lowest BCUT2D eigenvalue weighted by molar-refractivity contribution is -0.118. The number of carbonyl (C=O) groups excluding carboxylic acids is 2. The minimum atomic E-state index is -0.575. The van der Waals surface area contributed by atoms with Gasteiger partial charge in [0.2, 0.25) is 5.91 Å². The molecule has 6 nitrogen and oxygen atoms in total. The number of likely N-dealkylation sites (N-methyl/N-ethyl adjacent to an activating group) is 1. The highest BCUT2D eigenvalue weighted by Crippen LogP contribution is 2.08. The minimum Gasteiger partial charge on any atom is -0.368 e. The van der Waals surface area contributed by atoms with Gasteiger partial charge in [-0.05, 0) is 6.07 Å². The van der Waals surface area contributed by atoms with Crippen molar-refractivity contribution in [1.29, 1.82) is 0 Å². The first-order chi connectivity index (χ1) is 8.56. The number of nitrogens with zero attached hydrogens (tertiary/aromatic N) is 2. The Morgan fingerprint density at radius 2 is 2.22 bits per heavy atom. The van der Waals surface area contributed by atoms with Crippen molar-refractivity contribution in [3.05, 3.63) is 29.6 Å². The molecular weight excluding hydrogens is 232 g/mol. The zero-order valence-corrected chi connectivity index (χ0v) is 10.0. The molecule has 0 aliphatic carbocycles. The Morgan fingerprint density at radius 1 is 1.50 bits per heavy atom. The number of primary amides is 1. The molecule has 1 rings (SSSR count). The molecular formula is C12H14N4O2. The lowest BCUT2D eigenvalue weighted by Gasteiger charge is -2.15. The van der Waals surface area contributed by atoms with E-state index in [1.165, 1.54) is 24.3 Å². The second-order valence-electron chi connectivity index (χ2n) is 3.55. The molecule has 0 spiro atoms. The van der Waals surface area contributed by atoms with Crippen LogP contribution in [-0.4, -0.2) is 41.8 Å². The third kappa shape index (κ3) is 3.57. The Labute approximate surface area is 105 Å². The molecule has 6 heteroatoms. The van der Waals surface area contributed by atoms with Crippen molar-refractivity contribution < 1.29 is 9.59 Å². The van der Waals surface area contributed by atoms with E-state index in [1.54, 1.807) is 6.07 Å². The molecule has 1 aromatic rings. The monoisotopic (exact) mass is 246 g/mol. The Bertz CT molecular complexity index is 516. The van der Waals surface area contributed by atoms with Gasteiger partial charge in [0.25, 0.3) is 5.91 Å². The van der Waals surface area contributed by atoms with Crippen molar-refractivity contribution in [2.75, 3.05) is 20.1 Å². The summed E-state index contributed by atoms with van der Waals surface area (Å²) in [6, 6.07) is 1.54. The van der Waals surface area contributed by atoms with Crippen LogP contribution in [0, 0.1) is 11.8 Å². The van der Waals surface area contributed by atoms with Crippen LogP contribution in [0.3, 0.4) is 0 Å². The predicted octanol–water partition coefficient (Wildman–Crippen LogP) is -1.05. The number of rotatable bonds is 3. The quantitative estimate of drug-likeness (QED) is 0.664. The average Bonchev–Trinajstić information content (AvgIpc) is 2.35. The van der Waals surface area contributed by atoms with Crippen LogP contribution in [0.2, 0.25) is 0 Å². The number of hydrogen-bond acceptors (Lipinski definition) is 4. The van der Waals surface area contributed by atoms with E-state index in [9.17, 15) is 9.59 Å². The highest BCUT2D eigenvalue weighted by atomic mass is 16.2. The van der Waals surface area contributed by atoms with Gasteiger partial charge in [0, 0.05) is 19.4 Å². The lowest BCUT2D eigenvalue weighted by Crippen LogP contribution is -2.35. The Morgan fingerprint density at radius 3 is 2.83 bits per heavy atom. The zero-order valence-electron chi connectivity index (χ0n) is 10.0. The fourth-order valence-corrected chi connectivity index (χ4v) is 1.34. The maximum Gasteiger partial charge on any atom is 0.255 e. The summed E-state index contributed by atoms with van der Waals surface area (Å²) >= 11 is 0. The maximum absolute atomic E-state index is 12.1. The summed E-state index contributed by atoms with van der Waals surface area (Å²) < 4.78 is 0. The largest absolute Gasteiger partial charge is 0.368 e. The molecule has 0 fully saturated rings. The normalized spacial score (nSPS) is 9.22.